The molecular formula is C18H23N. The molecule has 1 aliphatic carbocycles. The summed E-state index contributed by atoms with van der Waals surface area (Å²) in [4.78, 5) is 0. The van der Waals surface area contributed by atoms with Crippen LogP contribution < -0.4 is 5.32 Å². The molecule has 2 aromatic carbocycles. The van der Waals surface area contributed by atoms with Crippen LogP contribution in [0.15, 0.2) is 42.5 Å². The van der Waals surface area contributed by atoms with Crippen molar-refractivity contribution in [3.8, 4) is 0 Å². The molecule has 1 atom stereocenters. The van der Waals surface area contributed by atoms with Crippen molar-refractivity contribution < 1.29 is 0 Å². The lowest BCUT2D eigenvalue weighted by Crippen LogP contribution is -2.24. The third-order valence-electron chi connectivity index (χ3n) is 4.46. The summed E-state index contributed by atoms with van der Waals surface area (Å²) in [7, 11) is 0. The molecule has 1 aliphatic rings. The largest absolute Gasteiger partial charge is 0.310 e. The van der Waals surface area contributed by atoms with Crippen LogP contribution in [0.1, 0.15) is 44.2 Å². The maximum absolute atomic E-state index is 3.71. The van der Waals surface area contributed by atoms with E-state index in [9.17, 15) is 0 Å². The molecule has 0 aromatic heterocycles. The van der Waals surface area contributed by atoms with Gasteiger partial charge in [-0.25, -0.2) is 0 Å². The Kier molecular flexibility index (Phi) is 3.84. The standard InChI is InChI=1S/C18H23N/c1-14(19-13-15-6-2-3-7-15)17-11-10-16-8-4-5-9-18(16)12-17/h4-5,8-12,14-15,19H,2-3,6-7,13H2,1H3. The predicted octanol–water partition coefficient (Wildman–Crippen LogP) is 4.68. The average Bonchev–Trinajstić information content (AvgIpc) is 2.97. The normalized spacial score (nSPS) is 17.9. The van der Waals surface area contributed by atoms with Crippen molar-refractivity contribution in [2.24, 2.45) is 5.92 Å². The zero-order valence-corrected chi connectivity index (χ0v) is 11.7. The second kappa shape index (κ2) is 5.75. The predicted molar refractivity (Wildman–Crippen MR) is 82.3 cm³/mol. The Hall–Kier alpha value is -1.34. The summed E-state index contributed by atoms with van der Waals surface area (Å²) >= 11 is 0. The van der Waals surface area contributed by atoms with Crippen LogP contribution in [0.2, 0.25) is 0 Å². The smallest absolute Gasteiger partial charge is 0.0292 e. The van der Waals surface area contributed by atoms with E-state index in [1.54, 1.807) is 0 Å². The molecule has 3 rings (SSSR count). The fourth-order valence-corrected chi connectivity index (χ4v) is 3.15. The number of benzene rings is 2. The van der Waals surface area contributed by atoms with E-state index >= 15 is 0 Å². The van der Waals surface area contributed by atoms with Crippen molar-refractivity contribution in [2.45, 2.75) is 38.6 Å². The first kappa shape index (κ1) is 12.7. The minimum Gasteiger partial charge on any atom is -0.310 e. The van der Waals surface area contributed by atoms with Gasteiger partial charge in [-0.1, -0.05) is 49.2 Å². The Bertz CT molecular complexity index is 540. The van der Waals surface area contributed by atoms with E-state index in [4.69, 9.17) is 0 Å². The molecule has 1 saturated carbocycles. The van der Waals surface area contributed by atoms with Crippen molar-refractivity contribution in [3.05, 3.63) is 48.0 Å². The van der Waals surface area contributed by atoms with Crippen molar-refractivity contribution in [1.29, 1.82) is 0 Å². The first-order valence-electron chi connectivity index (χ1n) is 7.55. The zero-order valence-electron chi connectivity index (χ0n) is 11.7. The molecule has 0 radical (unpaired) electrons. The lowest BCUT2D eigenvalue weighted by Gasteiger charge is -2.18. The molecule has 0 aliphatic heterocycles. The fourth-order valence-electron chi connectivity index (χ4n) is 3.15. The molecular weight excluding hydrogens is 230 g/mol. The number of fused-ring (bicyclic) bond motifs is 1. The van der Waals surface area contributed by atoms with E-state index in [1.807, 2.05) is 0 Å². The van der Waals surface area contributed by atoms with E-state index in [0.29, 0.717) is 6.04 Å². The van der Waals surface area contributed by atoms with Gasteiger partial charge < -0.3 is 5.32 Å². The Morgan fingerprint density at radius 2 is 1.79 bits per heavy atom. The number of rotatable bonds is 4. The second-order valence-corrected chi connectivity index (χ2v) is 5.89. The molecule has 1 unspecified atom stereocenters. The first-order chi connectivity index (χ1) is 9.33. The summed E-state index contributed by atoms with van der Waals surface area (Å²) in [6, 6.07) is 15.9. The molecule has 0 amide bonds. The van der Waals surface area contributed by atoms with Gasteiger partial charge in [-0.2, -0.15) is 0 Å². The Morgan fingerprint density at radius 1 is 1.05 bits per heavy atom. The van der Waals surface area contributed by atoms with Gasteiger partial charge in [-0.15, -0.1) is 0 Å². The molecule has 100 valence electrons. The third kappa shape index (κ3) is 2.98. The molecule has 0 heterocycles. The number of hydrogen-bond donors (Lipinski definition) is 1. The van der Waals surface area contributed by atoms with E-state index in [0.717, 1.165) is 5.92 Å². The molecule has 0 bridgehead atoms. The van der Waals surface area contributed by atoms with Gasteiger partial charge in [0, 0.05) is 6.04 Å². The summed E-state index contributed by atoms with van der Waals surface area (Å²) < 4.78 is 0. The summed E-state index contributed by atoms with van der Waals surface area (Å²) in [5.74, 6) is 0.905. The Balaban J connectivity index is 1.68. The van der Waals surface area contributed by atoms with Gasteiger partial charge in [0.05, 0.1) is 0 Å². The highest BCUT2D eigenvalue weighted by Gasteiger charge is 2.15. The maximum Gasteiger partial charge on any atom is 0.0292 e. The molecule has 0 spiro atoms. The SMILES string of the molecule is CC(NCC1CCCC1)c1ccc2ccccc2c1. The minimum atomic E-state index is 0.449. The second-order valence-electron chi connectivity index (χ2n) is 5.89. The molecule has 19 heavy (non-hydrogen) atoms. The first-order valence-corrected chi connectivity index (χ1v) is 7.55. The van der Waals surface area contributed by atoms with Crippen LogP contribution in [0.4, 0.5) is 0 Å². The van der Waals surface area contributed by atoms with Crippen LogP contribution in [0.5, 0.6) is 0 Å². The number of nitrogens with one attached hydrogen (secondary N) is 1. The Morgan fingerprint density at radius 3 is 2.58 bits per heavy atom. The highest BCUT2D eigenvalue weighted by Crippen LogP contribution is 2.25. The van der Waals surface area contributed by atoms with Crippen LogP contribution in [0, 0.1) is 5.92 Å². The monoisotopic (exact) mass is 253 g/mol. The van der Waals surface area contributed by atoms with E-state index in [1.165, 1.54) is 48.6 Å². The quantitative estimate of drug-likeness (QED) is 0.834. The van der Waals surface area contributed by atoms with Crippen molar-refractivity contribution in [2.75, 3.05) is 6.54 Å². The maximum atomic E-state index is 3.71. The lowest BCUT2D eigenvalue weighted by atomic mass is 10.0. The van der Waals surface area contributed by atoms with Crippen LogP contribution in [0.3, 0.4) is 0 Å². The zero-order chi connectivity index (χ0) is 13.1. The van der Waals surface area contributed by atoms with Crippen LogP contribution in [0.25, 0.3) is 10.8 Å². The van der Waals surface area contributed by atoms with Gasteiger partial charge in [0.25, 0.3) is 0 Å². The van der Waals surface area contributed by atoms with E-state index in [-0.39, 0.29) is 0 Å². The highest BCUT2D eigenvalue weighted by molar-refractivity contribution is 5.83. The summed E-state index contributed by atoms with van der Waals surface area (Å²) in [6.45, 7) is 3.45. The summed E-state index contributed by atoms with van der Waals surface area (Å²) in [5, 5.41) is 6.38. The molecule has 0 saturated heterocycles. The van der Waals surface area contributed by atoms with E-state index < -0.39 is 0 Å². The van der Waals surface area contributed by atoms with Crippen LogP contribution in [-0.2, 0) is 0 Å². The summed E-state index contributed by atoms with van der Waals surface area (Å²) in [5.41, 5.74) is 1.40. The van der Waals surface area contributed by atoms with Crippen LogP contribution in [-0.4, -0.2) is 6.54 Å². The fraction of sp³-hybridized carbons (Fsp3) is 0.444. The Labute approximate surface area is 116 Å². The van der Waals surface area contributed by atoms with Crippen molar-refractivity contribution in [1.82, 2.24) is 5.32 Å². The third-order valence-corrected chi connectivity index (χ3v) is 4.46. The van der Waals surface area contributed by atoms with Gasteiger partial charge in [-0.3, -0.25) is 0 Å². The van der Waals surface area contributed by atoms with Gasteiger partial charge in [0.1, 0.15) is 0 Å². The number of hydrogen-bond acceptors (Lipinski definition) is 1. The minimum absolute atomic E-state index is 0.449. The molecule has 2 aromatic rings. The van der Waals surface area contributed by atoms with Gasteiger partial charge in [0.2, 0.25) is 0 Å². The van der Waals surface area contributed by atoms with Crippen LogP contribution >= 0.6 is 0 Å². The van der Waals surface area contributed by atoms with E-state index in [2.05, 4.69) is 54.7 Å². The lowest BCUT2D eigenvalue weighted by molar-refractivity contribution is 0.453. The highest BCUT2D eigenvalue weighted by atomic mass is 14.9. The average molecular weight is 253 g/mol. The van der Waals surface area contributed by atoms with Crippen molar-refractivity contribution >= 4 is 10.8 Å². The molecule has 1 N–H and O–H groups in total. The molecule has 1 heteroatoms. The topological polar surface area (TPSA) is 12.0 Å². The molecule has 1 fully saturated rings. The van der Waals surface area contributed by atoms with Gasteiger partial charge in [0.15, 0.2) is 0 Å². The summed E-state index contributed by atoms with van der Waals surface area (Å²) in [6.07, 6.45) is 5.68. The van der Waals surface area contributed by atoms with Gasteiger partial charge in [-0.05, 0) is 54.6 Å². The van der Waals surface area contributed by atoms with Gasteiger partial charge >= 0.3 is 0 Å². The van der Waals surface area contributed by atoms with Crippen molar-refractivity contribution in [3.63, 3.8) is 0 Å². The molecule has 1 nitrogen and oxygen atoms in total.